The molecule has 0 unspecified atom stereocenters. The molecule has 2 aromatic carbocycles. The Kier molecular flexibility index (Phi) is 10.1. The maximum Gasteiger partial charge on any atom is 0.407 e. The van der Waals surface area contributed by atoms with E-state index in [1.807, 2.05) is 36.4 Å². The van der Waals surface area contributed by atoms with Gasteiger partial charge in [0.05, 0.1) is 0 Å². The number of aliphatic carboxylic acids is 1. The molecular formula is C27H35N3O5. The van der Waals surface area contributed by atoms with Crippen molar-refractivity contribution in [2.75, 3.05) is 19.7 Å². The van der Waals surface area contributed by atoms with Crippen LogP contribution in [-0.2, 0) is 14.3 Å². The first-order valence-electron chi connectivity index (χ1n) is 12.3. The van der Waals surface area contributed by atoms with Crippen LogP contribution in [0.3, 0.4) is 0 Å². The zero-order valence-electron chi connectivity index (χ0n) is 20.0. The van der Waals surface area contributed by atoms with Crippen molar-refractivity contribution in [3.05, 3.63) is 59.7 Å². The van der Waals surface area contributed by atoms with Crippen LogP contribution in [0.15, 0.2) is 48.5 Å². The van der Waals surface area contributed by atoms with Crippen molar-refractivity contribution in [1.82, 2.24) is 10.6 Å². The lowest BCUT2D eigenvalue weighted by Gasteiger charge is -2.17. The van der Waals surface area contributed by atoms with E-state index in [4.69, 9.17) is 10.5 Å². The summed E-state index contributed by atoms with van der Waals surface area (Å²) in [4.78, 5) is 35.8. The van der Waals surface area contributed by atoms with Crippen LogP contribution in [0.2, 0.25) is 0 Å². The van der Waals surface area contributed by atoms with Crippen LogP contribution in [0.5, 0.6) is 0 Å². The number of fused-ring (bicyclic) bond motifs is 3. The van der Waals surface area contributed by atoms with Crippen LogP contribution in [0, 0.1) is 0 Å². The summed E-state index contributed by atoms with van der Waals surface area (Å²) in [5.41, 5.74) is 9.88. The Labute approximate surface area is 206 Å². The number of amides is 2. The molecule has 2 amide bonds. The van der Waals surface area contributed by atoms with Gasteiger partial charge in [-0.1, -0.05) is 55.0 Å². The SMILES string of the molecule is NCCCCCC(=O)NCCCC[C@H](NC(=O)OCC1c2ccccc2-c2ccccc21)C(=O)O. The average molecular weight is 482 g/mol. The first-order chi connectivity index (χ1) is 17.0. The zero-order valence-corrected chi connectivity index (χ0v) is 20.0. The van der Waals surface area contributed by atoms with Gasteiger partial charge in [0.2, 0.25) is 5.91 Å². The first kappa shape index (κ1) is 26.2. The minimum Gasteiger partial charge on any atom is -0.480 e. The van der Waals surface area contributed by atoms with E-state index in [0.29, 0.717) is 32.4 Å². The molecule has 0 spiro atoms. The number of ether oxygens (including phenoxy) is 1. The lowest BCUT2D eigenvalue weighted by Crippen LogP contribution is -2.41. The van der Waals surface area contributed by atoms with E-state index in [-0.39, 0.29) is 24.9 Å². The summed E-state index contributed by atoms with van der Waals surface area (Å²) in [6.07, 6.45) is 3.83. The van der Waals surface area contributed by atoms with Crippen LogP contribution in [0.1, 0.15) is 62.0 Å². The Morgan fingerprint density at radius 1 is 0.914 bits per heavy atom. The lowest BCUT2D eigenvalue weighted by atomic mass is 9.98. The maximum absolute atomic E-state index is 12.4. The van der Waals surface area contributed by atoms with Crippen molar-refractivity contribution in [3.8, 4) is 11.1 Å². The van der Waals surface area contributed by atoms with E-state index >= 15 is 0 Å². The summed E-state index contributed by atoms with van der Waals surface area (Å²) in [7, 11) is 0. The van der Waals surface area contributed by atoms with Crippen LogP contribution in [0.25, 0.3) is 11.1 Å². The van der Waals surface area contributed by atoms with E-state index in [9.17, 15) is 19.5 Å². The van der Waals surface area contributed by atoms with E-state index in [1.54, 1.807) is 0 Å². The molecule has 5 N–H and O–H groups in total. The normalized spacial score (nSPS) is 12.9. The highest BCUT2D eigenvalue weighted by atomic mass is 16.5. The minimum absolute atomic E-state index is 0.00595. The fourth-order valence-electron chi connectivity index (χ4n) is 4.44. The molecule has 3 rings (SSSR count). The number of nitrogens with two attached hydrogens (primary N) is 1. The quantitative estimate of drug-likeness (QED) is 0.304. The zero-order chi connectivity index (χ0) is 25.0. The Hall–Kier alpha value is -3.39. The second kappa shape index (κ2) is 13.5. The number of carboxylic acids is 1. The number of rotatable bonds is 14. The van der Waals surface area contributed by atoms with Gasteiger partial charge in [0.25, 0.3) is 0 Å². The molecule has 0 aromatic heterocycles. The number of unbranched alkanes of at least 4 members (excludes halogenated alkanes) is 3. The van der Waals surface area contributed by atoms with Crippen molar-refractivity contribution in [1.29, 1.82) is 0 Å². The molecule has 0 bridgehead atoms. The highest BCUT2D eigenvalue weighted by Gasteiger charge is 2.29. The lowest BCUT2D eigenvalue weighted by molar-refractivity contribution is -0.139. The Balaban J connectivity index is 1.40. The van der Waals surface area contributed by atoms with Gasteiger partial charge in [0.15, 0.2) is 0 Å². The number of carbonyl (C=O) groups is 3. The first-order valence-corrected chi connectivity index (χ1v) is 12.3. The monoisotopic (exact) mass is 481 g/mol. The Morgan fingerprint density at radius 2 is 1.57 bits per heavy atom. The van der Waals surface area contributed by atoms with Gasteiger partial charge in [-0.3, -0.25) is 4.79 Å². The molecule has 0 saturated heterocycles. The minimum atomic E-state index is -1.11. The summed E-state index contributed by atoms with van der Waals surface area (Å²) in [5, 5.41) is 14.8. The Bertz CT molecular complexity index is 964. The van der Waals surface area contributed by atoms with E-state index < -0.39 is 18.1 Å². The number of carbonyl (C=O) groups excluding carboxylic acids is 2. The van der Waals surface area contributed by atoms with Crippen molar-refractivity contribution in [2.45, 2.75) is 56.9 Å². The predicted octanol–water partition coefficient (Wildman–Crippen LogP) is 3.78. The second-order valence-electron chi connectivity index (χ2n) is 8.81. The van der Waals surface area contributed by atoms with Gasteiger partial charge in [-0.15, -0.1) is 0 Å². The van der Waals surface area contributed by atoms with Gasteiger partial charge in [-0.05, 0) is 60.9 Å². The molecule has 0 heterocycles. The molecule has 1 aliphatic rings. The van der Waals surface area contributed by atoms with Crippen molar-refractivity contribution in [3.63, 3.8) is 0 Å². The summed E-state index contributed by atoms with van der Waals surface area (Å²) < 4.78 is 5.46. The summed E-state index contributed by atoms with van der Waals surface area (Å²) in [6.45, 7) is 1.24. The van der Waals surface area contributed by atoms with E-state index in [2.05, 4.69) is 22.8 Å². The van der Waals surface area contributed by atoms with Crippen molar-refractivity contribution < 1.29 is 24.2 Å². The Morgan fingerprint density at radius 3 is 2.20 bits per heavy atom. The molecule has 1 atom stereocenters. The fraction of sp³-hybridized carbons (Fsp3) is 0.444. The largest absolute Gasteiger partial charge is 0.480 e. The number of carboxylic acid groups (broad SMARTS) is 1. The van der Waals surface area contributed by atoms with Gasteiger partial charge >= 0.3 is 12.1 Å². The maximum atomic E-state index is 12.4. The molecule has 2 aromatic rings. The molecule has 0 fully saturated rings. The van der Waals surface area contributed by atoms with E-state index in [0.717, 1.165) is 41.5 Å². The molecule has 0 saturated carbocycles. The summed E-state index contributed by atoms with van der Waals surface area (Å²) in [5.74, 6) is -1.20. The number of hydrogen-bond donors (Lipinski definition) is 4. The smallest absolute Gasteiger partial charge is 0.407 e. The molecule has 35 heavy (non-hydrogen) atoms. The average Bonchev–Trinajstić information content (AvgIpc) is 3.18. The summed E-state index contributed by atoms with van der Waals surface area (Å²) >= 11 is 0. The molecule has 0 radical (unpaired) electrons. The third-order valence-corrected chi connectivity index (χ3v) is 6.28. The molecule has 8 heteroatoms. The summed E-state index contributed by atoms with van der Waals surface area (Å²) in [6, 6.07) is 15.0. The van der Waals surface area contributed by atoms with Crippen LogP contribution >= 0.6 is 0 Å². The molecule has 0 aliphatic heterocycles. The third-order valence-electron chi connectivity index (χ3n) is 6.28. The van der Waals surface area contributed by atoms with Crippen molar-refractivity contribution in [2.24, 2.45) is 5.73 Å². The standard InChI is InChI=1S/C27H35N3O5/c28-16-8-1-2-15-25(31)29-17-9-7-14-24(26(32)33)30-27(34)35-18-23-21-12-5-3-10-19(21)20-11-4-6-13-22(20)23/h3-6,10-13,23-24H,1-2,7-9,14-18,28H2,(H,29,31)(H,30,34)(H,32,33)/t24-/m0/s1. The number of alkyl carbamates (subject to hydrolysis) is 1. The molecule has 8 nitrogen and oxygen atoms in total. The third kappa shape index (κ3) is 7.55. The van der Waals surface area contributed by atoms with Gasteiger partial charge in [-0.2, -0.15) is 0 Å². The van der Waals surface area contributed by atoms with Crippen molar-refractivity contribution >= 4 is 18.0 Å². The number of hydrogen-bond acceptors (Lipinski definition) is 5. The molecular weight excluding hydrogens is 446 g/mol. The van der Waals surface area contributed by atoms with Gasteiger partial charge in [0, 0.05) is 18.9 Å². The van der Waals surface area contributed by atoms with Gasteiger partial charge < -0.3 is 26.2 Å². The van der Waals surface area contributed by atoms with Crippen LogP contribution < -0.4 is 16.4 Å². The van der Waals surface area contributed by atoms with Gasteiger partial charge in [-0.25, -0.2) is 9.59 Å². The van der Waals surface area contributed by atoms with Gasteiger partial charge in [0.1, 0.15) is 12.6 Å². The second-order valence-corrected chi connectivity index (χ2v) is 8.81. The number of nitrogens with one attached hydrogen (secondary N) is 2. The highest BCUT2D eigenvalue weighted by Crippen LogP contribution is 2.44. The van der Waals surface area contributed by atoms with Crippen LogP contribution in [0.4, 0.5) is 4.79 Å². The topological polar surface area (TPSA) is 131 Å². The molecule has 188 valence electrons. The highest BCUT2D eigenvalue weighted by molar-refractivity contribution is 5.81. The number of benzene rings is 2. The predicted molar refractivity (Wildman–Crippen MR) is 134 cm³/mol. The molecule has 1 aliphatic carbocycles. The van der Waals surface area contributed by atoms with Crippen LogP contribution in [-0.4, -0.2) is 48.8 Å². The van der Waals surface area contributed by atoms with E-state index in [1.165, 1.54) is 0 Å². The fourth-order valence-corrected chi connectivity index (χ4v) is 4.44.